The second-order valence-electron chi connectivity index (χ2n) is 5.39. The second kappa shape index (κ2) is 7.91. The van der Waals surface area contributed by atoms with Gasteiger partial charge in [-0.2, -0.15) is 0 Å². The largest absolute Gasteiger partial charge is 0.486 e. The number of ether oxygens (including phenoxy) is 2. The van der Waals surface area contributed by atoms with Crippen molar-refractivity contribution < 1.29 is 14.3 Å². The molecular weight excluding hydrogens is 266 g/mol. The van der Waals surface area contributed by atoms with Crippen LogP contribution in [0.5, 0.6) is 11.5 Å². The maximum atomic E-state index is 12.2. The number of carbonyl (C=O) groups excluding carboxylic acids is 1. The highest BCUT2D eigenvalue weighted by atomic mass is 16.6. The van der Waals surface area contributed by atoms with Crippen molar-refractivity contribution in [3.8, 4) is 11.5 Å². The van der Waals surface area contributed by atoms with Gasteiger partial charge in [0.1, 0.15) is 6.61 Å². The van der Waals surface area contributed by atoms with Gasteiger partial charge in [-0.1, -0.05) is 31.9 Å². The molecule has 0 aromatic heterocycles. The molecule has 0 fully saturated rings. The minimum atomic E-state index is -0.0880. The van der Waals surface area contributed by atoms with Crippen LogP contribution in [-0.2, 0) is 4.79 Å². The Balaban J connectivity index is 1.86. The molecule has 1 aliphatic heterocycles. The molecule has 0 radical (unpaired) electrons. The summed E-state index contributed by atoms with van der Waals surface area (Å²) in [6.07, 6.45) is 3.76. The quantitative estimate of drug-likeness (QED) is 0.724. The van der Waals surface area contributed by atoms with Crippen molar-refractivity contribution in [2.45, 2.75) is 45.6 Å². The topological polar surface area (TPSA) is 38.8 Å². The Morgan fingerprint density at radius 3 is 2.71 bits per heavy atom. The predicted octanol–water partition coefficient (Wildman–Crippen LogP) is 3.26. The number of carbonyl (C=O) groups is 1. The summed E-state index contributed by atoms with van der Waals surface area (Å²) >= 11 is 0. The van der Waals surface area contributed by atoms with Crippen LogP contribution in [0.15, 0.2) is 24.3 Å². The van der Waals surface area contributed by atoms with E-state index in [0.717, 1.165) is 30.8 Å². The Morgan fingerprint density at radius 1 is 1.24 bits per heavy atom. The molecule has 1 heterocycles. The first-order valence-electron chi connectivity index (χ1n) is 7.90. The molecule has 0 saturated carbocycles. The summed E-state index contributed by atoms with van der Waals surface area (Å²) in [5.74, 6) is 1.77. The molecule has 1 atom stereocenters. The van der Waals surface area contributed by atoms with E-state index in [1.165, 1.54) is 0 Å². The van der Waals surface area contributed by atoms with Crippen molar-refractivity contribution in [2.24, 2.45) is 0 Å². The molecule has 1 aromatic rings. The first-order chi connectivity index (χ1) is 10.2. The van der Waals surface area contributed by atoms with Crippen molar-refractivity contribution in [3.63, 3.8) is 0 Å². The van der Waals surface area contributed by atoms with Gasteiger partial charge in [0.15, 0.2) is 17.6 Å². The third-order valence-electron chi connectivity index (χ3n) is 3.72. The number of amides is 1. The number of benzene rings is 1. The van der Waals surface area contributed by atoms with Crippen molar-refractivity contribution in [2.75, 3.05) is 19.7 Å². The zero-order valence-electron chi connectivity index (χ0n) is 13.0. The summed E-state index contributed by atoms with van der Waals surface area (Å²) < 4.78 is 11.6. The lowest BCUT2D eigenvalue weighted by Crippen LogP contribution is -2.43. The molecule has 1 aliphatic rings. The van der Waals surface area contributed by atoms with Gasteiger partial charge < -0.3 is 14.4 Å². The van der Waals surface area contributed by atoms with E-state index in [1.807, 2.05) is 36.1 Å². The molecule has 0 bridgehead atoms. The van der Waals surface area contributed by atoms with Crippen LogP contribution in [0.1, 0.15) is 39.5 Å². The average Bonchev–Trinajstić information content (AvgIpc) is 2.52. The molecule has 4 nitrogen and oxygen atoms in total. The Hall–Kier alpha value is -1.71. The van der Waals surface area contributed by atoms with Crippen LogP contribution in [0, 0.1) is 0 Å². The molecule has 116 valence electrons. The fraction of sp³-hybridized carbons (Fsp3) is 0.588. The number of nitrogens with zero attached hydrogens (tertiary/aromatic N) is 1. The summed E-state index contributed by atoms with van der Waals surface area (Å²) in [5, 5.41) is 0. The lowest BCUT2D eigenvalue weighted by Gasteiger charge is -2.31. The van der Waals surface area contributed by atoms with E-state index in [9.17, 15) is 4.79 Å². The molecule has 0 N–H and O–H groups in total. The predicted molar refractivity (Wildman–Crippen MR) is 82.7 cm³/mol. The van der Waals surface area contributed by atoms with Gasteiger partial charge in [-0.3, -0.25) is 4.79 Å². The number of likely N-dealkylation sites (N-methyl/N-ethyl adjacent to an activating group) is 1. The minimum absolute atomic E-state index is 0.0880. The standard InChI is InChI=1S/C17H25NO3/c1-3-5-6-11-17(19)18(4-2)12-14-13-20-15-9-7-8-10-16(15)21-14/h7-10,14H,3-6,11-13H2,1-2H3. The van der Waals surface area contributed by atoms with Gasteiger partial charge in [-0.25, -0.2) is 0 Å². The highest BCUT2D eigenvalue weighted by molar-refractivity contribution is 5.76. The van der Waals surface area contributed by atoms with Crippen LogP contribution < -0.4 is 9.47 Å². The van der Waals surface area contributed by atoms with Crippen LogP contribution in [0.4, 0.5) is 0 Å². The maximum Gasteiger partial charge on any atom is 0.222 e. The molecule has 1 unspecified atom stereocenters. The van der Waals surface area contributed by atoms with Gasteiger partial charge in [-0.05, 0) is 25.5 Å². The summed E-state index contributed by atoms with van der Waals surface area (Å²) in [6.45, 7) is 5.96. The SMILES string of the molecule is CCCCCC(=O)N(CC)CC1COc2ccccc2O1. The fourth-order valence-electron chi connectivity index (χ4n) is 2.49. The van der Waals surface area contributed by atoms with Gasteiger partial charge in [-0.15, -0.1) is 0 Å². The van der Waals surface area contributed by atoms with Gasteiger partial charge in [0.05, 0.1) is 6.54 Å². The number of hydrogen-bond acceptors (Lipinski definition) is 3. The molecule has 4 heteroatoms. The van der Waals surface area contributed by atoms with Crippen LogP contribution in [-0.4, -0.2) is 36.6 Å². The molecule has 1 amide bonds. The third kappa shape index (κ3) is 4.38. The van der Waals surface area contributed by atoms with E-state index >= 15 is 0 Å². The van der Waals surface area contributed by atoms with Gasteiger partial charge in [0.2, 0.25) is 5.91 Å². The number of unbranched alkanes of at least 4 members (excludes halogenated alkanes) is 2. The molecule has 0 saturated heterocycles. The first kappa shape index (κ1) is 15.7. The van der Waals surface area contributed by atoms with Crippen molar-refractivity contribution in [3.05, 3.63) is 24.3 Å². The van der Waals surface area contributed by atoms with Crippen LogP contribution >= 0.6 is 0 Å². The van der Waals surface area contributed by atoms with Crippen LogP contribution in [0.3, 0.4) is 0 Å². The van der Waals surface area contributed by atoms with Crippen molar-refractivity contribution in [1.82, 2.24) is 4.90 Å². The average molecular weight is 291 g/mol. The fourth-order valence-corrected chi connectivity index (χ4v) is 2.49. The summed E-state index contributed by atoms with van der Waals surface area (Å²) in [7, 11) is 0. The molecule has 0 spiro atoms. The van der Waals surface area contributed by atoms with Crippen molar-refractivity contribution in [1.29, 1.82) is 0 Å². The molecular formula is C17H25NO3. The van der Waals surface area contributed by atoms with Crippen molar-refractivity contribution >= 4 is 5.91 Å². The highest BCUT2D eigenvalue weighted by Gasteiger charge is 2.24. The van der Waals surface area contributed by atoms with Gasteiger partial charge in [0, 0.05) is 13.0 Å². The number of para-hydroxylation sites is 2. The Bertz CT molecular complexity index is 461. The molecule has 2 rings (SSSR count). The lowest BCUT2D eigenvalue weighted by molar-refractivity contribution is -0.132. The maximum absolute atomic E-state index is 12.2. The molecule has 21 heavy (non-hydrogen) atoms. The summed E-state index contributed by atoms with van der Waals surface area (Å²) in [6, 6.07) is 7.66. The Labute approximate surface area is 127 Å². The van der Waals surface area contributed by atoms with E-state index in [2.05, 4.69) is 6.92 Å². The molecule has 1 aromatic carbocycles. The third-order valence-corrected chi connectivity index (χ3v) is 3.72. The normalized spacial score (nSPS) is 16.6. The second-order valence-corrected chi connectivity index (χ2v) is 5.39. The smallest absolute Gasteiger partial charge is 0.222 e. The zero-order valence-corrected chi connectivity index (χ0v) is 13.0. The Morgan fingerprint density at radius 2 is 2.00 bits per heavy atom. The monoisotopic (exact) mass is 291 g/mol. The van der Waals surface area contributed by atoms with E-state index in [1.54, 1.807) is 0 Å². The minimum Gasteiger partial charge on any atom is -0.486 e. The van der Waals surface area contributed by atoms with E-state index in [0.29, 0.717) is 26.1 Å². The number of fused-ring (bicyclic) bond motifs is 1. The van der Waals surface area contributed by atoms with Crippen LogP contribution in [0.25, 0.3) is 0 Å². The molecule has 0 aliphatic carbocycles. The highest BCUT2D eigenvalue weighted by Crippen LogP contribution is 2.31. The number of hydrogen-bond donors (Lipinski definition) is 0. The zero-order chi connectivity index (χ0) is 15.1. The summed E-state index contributed by atoms with van der Waals surface area (Å²) in [5.41, 5.74) is 0. The van der Waals surface area contributed by atoms with Gasteiger partial charge >= 0.3 is 0 Å². The van der Waals surface area contributed by atoms with E-state index in [-0.39, 0.29) is 12.0 Å². The van der Waals surface area contributed by atoms with E-state index in [4.69, 9.17) is 9.47 Å². The van der Waals surface area contributed by atoms with E-state index < -0.39 is 0 Å². The lowest BCUT2D eigenvalue weighted by atomic mass is 10.2. The summed E-state index contributed by atoms with van der Waals surface area (Å²) in [4.78, 5) is 14.1. The number of rotatable bonds is 7. The Kier molecular flexibility index (Phi) is 5.90. The first-order valence-corrected chi connectivity index (χ1v) is 7.90. The van der Waals surface area contributed by atoms with Gasteiger partial charge in [0.25, 0.3) is 0 Å². The van der Waals surface area contributed by atoms with Crippen LogP contribution in [0.2, 0.25) is 0 Å².